The maximum atomic E-state index is 5.07. The topological polar surface area (TPSA) is 42.2 Å². The Balaban J connectivity index is 1.95. The highest BCUT2D eigenvalue weighted by molar-refractivity contribution is 5.99. The van der Waals surface area contributed by atoms with Gasteiger partial charge in [0.05, 0.1) is 29.2 Å². The van der Waals surface area contributed by atoms with Gasteiger partial charge >= 0.3 is 0 Å². The first-order chi connectivity index (χ1) is 11.5. The van der Waals surface area contributed by atoms with Gasteiger partial charge in [0.25, 0.3) is 0 Å². The van der Waals surface area contributed by atoms with E-state index in [9.17, 15) is 0 Å². The molecule has 0 aliphatic carbocycles. The number of rotatable bonds is 1. The molecule has 4 rings (SSSR count). The number of hydrogen-bond donors (Lipinski definition) is 1. The van der Waals surface area contributed by atoms with Gasteiger partial charge in [-0.3, -0.25) is 14.9 Å². The minimum absolute atomic E-state index is 0.0653. The first-order valence-corrected chi connectivity index (χ1v) is 8.38. The van der Waals surface area contributed by atoms with E-state index in [1.807, 2.05) is 12.1 Å². The van der Waals surface area contributed by atoms with Crippen molar-refractivity contribution in [3.05, 3.63) is 66.0 Å². The Labute approximate surface area is 142 Å². The van der Waals surface area contributed by atoms with E-state index in [1.165, 1.54) is 5.56 Å². The average molecular weight is 318 g/mol. The van der Waals surface area contributed by atoms with E-state index < -0.39 is 0 Å². The van der Waals surface area contributed by atoms with Crippen LogP contribution in [0.3, 0.4) is 0 Å². The first-order valence-electron chi connectivity index (χ1n) is 8.38. The number of nitrogens with zero attached hydrogens (tertiary/aromatic N) is 3. The number of nitrogens with one attached hydrogen (secondary N) is 1. The summed E-state index contributed by atoms with van der Waals surface area (Å²) < 4.78 is 2.23. The quantitative estimate of drug-likeness (QED) is 0.739. The molecule has 2 aromatic carbocycles. The van der Waals surface area contributed by atoms with Gasteiger partial charge in [0.15, 0.2) is 0 Å². The molecule has 0 saturated heterocycles. The molecule has 122 valence electrons. The second kappa shape index (κ2) is 5.56. The zero-order valence-corrected chi connectivity index (χ0v) is 14.3. The third-order valence-corrected chi connectivity index (χ3v) is 4.16. The number of fused-ring (bicyclic) bond motifs is 3. The molecule has 0 bridgehead atoms. The summed E-state index contributed by atoms with van der Waals surface area (Å²) in [4.78, 5) is 9.85. The van der Waals surface area contributed by atoms with Crippen molar-refractivity contribution in [3.63, 3.8) is 0 Å². The van der Waals surface area contributed by atoms with Crippen LogP contribution >= 0.6 is 0 Å². The summed E-state index contributed by atoms with van der Waals surface area (Å²) >= 11 is 0. The summed E-state index contributed by atoms with van der Waals surface area (Å²) in [6.07, 6.45) is 0. The van der Waals surface area contributed by atoms with E-state index in [2.05, 4.69) is 73.1 Å². The molecule has 0 saturated carbocycles. The van der Waals surface area contributed by atoms with Gasteiger partial charge in [0.2, 0.25) is 0 Å². The summed E-state index contributed by atoms with van der Waals surface area (Å²) in [7, 11) is 0. The van der Waals surface area contributed by atoms with Gasteiger partial charge in [-0.2, -0.15) is 0 Å². The highest BCUT2D eigenvalue weighted by Gasteiger charge is 2.30. The van der Waals surface area contributed by atoms with Crippen LogP contribution in [0.25, 0.3) is 11.0 Å². The molecule has 3 aromatic rings. The van der Waals surface area contributed by atoms with Crippen LogP contribution in [0.15, 0.2) is 59.6 Å². The summed E-state index contributed by atoms with van der Waals surface area (Å²) in [5, 5.41) is 3.61. The Morgan fingerprint density at radius 3 is 2.50 bits per heavy atom. The van der Waals surface area contributed by atoms with E-state index in [0.717, 1.165) is 29.2 Å². The van der Waals surface area contributed by atoms with Crippen molar-refractivity contribution >= 4 is 16.9 Å². The van der Waals surface area contributed by atoms with Crippen LogP contribution in [0.5, 0.6) is 0 Å². The zero-order chi connectivity index (χ0) is 16.7. The summed E-state index contributed by atoms with van der Waals surface area (Å²) in [6, 6.07) is 18.8. The smallest absolute Gasteiger partial charge is 0.132 e. The van der Waals surface area contributed by atoms with Crippen molar-refractivity contribution in [2.45, 2.75) is 38.9 Å². The standard InChI is InChI=1S/C20H22N4/c1-20(2,3)23-19-18(14-9-5-4-6-10-14)21-13-17-22-15-11-7-8-12-16(15)24(17)19/h4-12,18,21H,13H2,1-3H3/b23-19-. The molecule has 1 aliphatic rings. The highest BCUT2D eigenvalue weighted by atomic mass is 15.2. The highest BCUT2D eigenvalue weighted by Crippen LogP contribution is 2.28. The molecule has 1 unspecified atom stereocenters. The Bertz CT molecular complexity index is 900. The predicted octanol–water partition coefficient (Wildman–Crippen LogP) is 3.93. The molecule has 1 N–H and O–H groups in total. The van der Waals surface area contributed by atoms with Crippen molar-refractivity contribution in [2.24, 2.45) is 4.99 Å². The lowest BCUT2D eigenvalue weighted by Gasteiger charge is -2.30. The van der Waals surface area contributed by atoms with Gasteiger partial charge in [-0.05, 0) is 38.5 Å². The average Bonchev–Trinajstić information content (AvgIpc) is 2.93. The third kappa shape index (κ3) is 2.63. The summed E-state index contributed by atoms with van der Waals surface area (Å²) in [6.45, 7) is 7.14. The van der Waals surface area contributed by atoms with E-state index in [-0.39, 0.29) is 11.6 Å². The van der Waals surface area contributed by atoms with Crippen molar-refractivity contribution in [1.29, 1.82) is 0 Å². The molecule has 24 heavy (non-hydrogen) atoms. The molecule has 1 aromatic heterocycles. The van der Waals surface area contributed by atoms with E-state index in [4.69, 9.17) is 9.98 Å². The second-order valence-corrected chi connectivity index (χ2v) is 7.22. The molecule has 0 amide bonds. The molecule has 4 heteroatoms. The normalized spacial score (nSPS) is 19.6. The molecular formula is C20H22N4. The maximum absolute atomic E-state index is 5.07. The lowest BCUT2D eigenvalue weighted by molar-refractivity contribution is 0.536. The molecule has 1 atom stereocenters. The van der Waals surface area contributed by atoms with Crippen LogP contribution in [0.1, 0.15) is 38.2 Å². The Kier molecular flexibility index (Phi) is 3.50. The number of benzene rings is 2. The number of para-hydroxylation sites is 2. The van der Waals surface area contributed by atoms with Crippen LogP contribution in [0.4, 0.5) is 0 Å². The molecule has 0 fully saturated rings. The van der Waals surface area contributed by atoms with Gasteiger partial charge in [0.1, 0.15) is 11.7 Å². The number of aliphatic imine (C=N–C) groups is 1. The number of imidazole rings is 1. The minimum Gasteiger partial charge on any atom is -0.297 e. The van der Waals surface area contributed by atoms with Crippen molar-refractivity contribution in [1.82, 2.24) is 14.9 Å². The molecule has 0 radical (unpaired) electrons. The van der Waals surface area contributed by atoms with Gasteiger partial charge in [-0.25, -0.2) is 4.98 Å². The van der Waals surface area contributed by atoms with Gasteiger partial charge in [-0.1, -0.05) is 42.5 Å². The number of aromatic nitrogens is 2. The second-order valence-electron chi connectivity index (χ2n) is 7.22. The maximum Gasteiger partial charge on any atom is 0.132 e. The Morgan fingerprint density at radius 2 is 1.75 bits per heavy atom. The van der Waals surface area contributed by atoms with Crippen LogP contribution in [-0.2, 0) is 6.54 Å². The Morgan fingerprint density at radius 1 is 1.04 bits per heavy atom. The number of hydrogen-bond acceptors (Lipinski definition) is 3. The van der Waals surface area contributed by atoms with Crippen molar-refractivity contribution in [3.8, 4) is 0 Å². The van der Waals surface area contributed by atoms with Crippen molar-refractivity contribution in [2.75, 3.05) is 0 Å². The fourth-order valence-corrected chi connectivity index (χ4v) is 3.23. The lowest BCUT2D eigenvalue weighted by Crippen LogP contribution is -2.40. The lowest BCUT2D eigenvalue weighted by atomic mass is 10.0. The largest absolute Gasteiger partial charge is 0.297 e. The third-order valence-electron chi connectivity index (χ3n) is 4.16. The summed E-state index contributed by atoms with van der Waals surface area (Å²) in [5.74, 6) is 2.04. The fourth-order valence-electron chi connectivity index (χ4n) is 3.23. The first kappa shape index (κ1) is 15.1. The van der Waals surface area contributed by atoms with Gasteiger partial charge < -0.3 is 0 Å². The van der Waals surface area contributed by atoms with E-state index in [0.29, 0.717) is 0 Å². The monoisotopic (exact) mass is 318 g/mol. The molecule has 1 aliphatic heterocycles. The van der Waals surface area contributed by atoms with Crippen LogP contribution < -0.4 is 5.32 Å². The van der Waals surface area contributed by atoms with Gasteiger partial charge in [0, 0.05) is 0 Å². The van der Waals surface area contributed by atoms with Crippen LogP contribution in [-0.4, -0.2) is 20.9 Å². The molecule has 4 nitrogen and oxygen atoms in total. The van der Waals surface area contributed by atoms with E-state index >= 15 is 0 Å². The van der Waals surface area contributed by atoms with E-state index in [1.54, 1.807) is 0 Å². The van der Waals surface area contributed by atoms with Gasteiger partial charge in [-0.15, -0.1) is 0 Å². The van der Waals surface area contributed by atoms with Crippen LogP contribution in [0, 0.1) is 0 Å². The predicted molar refractivity (Wildman–Crippen MR) is 98.3 cm³/mol. The molecule has 2 heterocycles. The SMILES string of the molecule is CC(C)(C)/N=C1/C(c2ccccc2)NCc2nc3ccccc3n21. The van der Waals surface area contributed by atoms with Crippen LogP contribution in [0.2, 0.25) is 0 Å². The molecular weight excluding hydrogens is 296 g/mol. The van der Waals surface area contributed by atoms with Crippen molar-refractivity contribution < 1.29 is 0 Å². The summed E-state index contributed by atoms with van der Waals surface area (Å²) in [5.41, 5.74) is 3.20. The fraction of sp³-hybridized carbons (Fsp3) is 0.300. The minimum atomic E-state index is -0.163. The Hall–Kier alpha value is -2.46. The molecule has 0 spiro atoms. The zero-order valence-electron chi connectivity index (χ0n) is 14.3.